The van der Waals surface area contributed by atoms with Crippen molar-refractivity contribution >= 4 is 16.7 Å². The maximum atomic E-state index is 12.6. The highest BCUT2D eigenvalue weighted by Gasteiger charge is 2.18. The van der Waals surface area contributed by atoms with E-state index < -0.39 is 0 Å². The van der Waals surface area contributed by atoms with Gasteiger partial charge in [-0.3, -0.25) is 9.59 Å². The first kappa shape index (κ1) is 17.0. The van der Waals surface area contributed by atoms with Gasteiger partial charge in [-0.1, -0.05) is 6.42 Å². The fourth-order valence-corrected chi connectivity index (χ4v) is 3.72. The molecule has 0 spiro atoms. The Morgan fingerprint density at radius 2 is 2.17 bits per heavy atom. The minimum atomic E-state index is -0.0920. The molecule has 1 aliphatic rings. The van der Waals surface area contributed by atoms with Crippen LogP contribution in [0, 0.1) is 0 Å². The predicted molar refractivity (Wildman–Crippen MR) is 96.6 cm³/mol. The Morgan fingerprint density at radius 1 is 1.33 bits per heavy atom. The molecule has 1 fully saturated rings. The average molecular weight is 329 g/mol. The number of Topliss-reactive ketones (excluding diaryl/α,β-unsaturated/α-hetero) is 1. The smallest absolute Gasteiger partial charge is 0.274 e. The first-order chi connectivity index (χ1) is 11.6. The van der Waals surface area contributed by atoms with E-state index in [1.54, 1.807) is 19.4 Å². The van der Waals surface area contributed by atoms with Crippen molar-refractivity contribution < 1.29 is 4.79 Å². The molecular formula is C19H27N3O2. The van der Waals surface area contributed by atoms with Crippen LogP contribution < -0.4 is 5.56 Å². The van der Waals surface area contributed by atoms with E-state index in [4.69, 9.17) is 0 Å². The third-order valence-electron chi connectivity index (χ3n) is 5.23. The molecule has 0 bridgehead atoms. The van der Waals surface area contributed by atoms with Crippen molar-refractivity contribution in [1.29, 1.82) is 0 Å². The van der Waals surface area contributed by atoms with Gasteiger partial charge in [0.2, 0.25) is 0 Å². The van der Waals surface area contributed by atoms with Crippen molar-refractivity contribution in [2.45, 2.75) is 51.5 Å². The Labute approximate surface area is 142 Å². The van der Waals surface area contributed by atoms with E-state index >= 15 is 0 Å². The molecule has 0 aromatic carbocycles. The third-order valence-corrected chi connectivity index (χ3v) is 5.23. The minimum absolute atomic E-state index is 0.0920. The Morgan fingerprint density at radius 3 is 2.96 bits per heavy atom. The summed E-state index contributed by atoms with van der Waals surface area (Å²) in [5, 5.41) is 0.743. The first-order valence-corrected chi connectivity index (χ1v) is 9.02. The number of hydrogen-bond donors (Lipinski definition) is 1. The van der Waals surface area contributed by atoms with Crippen LogP contribution in [0.2, 0.25) is 0 Å². The lowest BCUT2D eigenvalue weighted by Crippen LogP contribution is -2.38. The second-order valence-corrected chi connectivity index (χ2v) is 6.99. The molecular weight excluding hydrogens is 302 g/mol. The van der Waals surface area contributed by atoms with Gasteiger partial charge in [0.05, 0.1) is 0 Å². The number of H-pyrrole nitrogens is 1. The lowest BCUT2D eigenvalue weighted by molar-refractivity contribution is 0.0976. The molecule has 0 radical (unpaired) electrons. The first-order valence-electron chi connectivity index (χ1n) is 9.02. The van der Waals surface area contributed by atoms with Crippen LogP contribution in [0.3, 0.4) is 0 Å². The van der Waals surface area contributed by atoms with Crippen LogP contribution in [0.15, 0.2) is 23.3 Å². The highest BCUT2D eigenvalue weighted by atomic mass is 16.1. The van der Waals surface area contributed by atoms with Gasteiger partial charge in [-0.2, -0.15) is 0 Å². The van der Waals surface area contributed by atoms with Crippen LogP contribution in [0.5, 0.6) is 0 Å². The van der Waals surface area contributed by atoms with Crippen molar-refractivity contribution in [3.8, 4) is 0 Å². The van der Waals surface area contributed by atoms with E-state index in [1.165, 1.54) is 30.4 Å². The van der Waals surface area contributed by atoms with Gasteiger partial charge >= 0.3 is 0 Å². The van der Waals surface area contributed by atoms with Gasteiger partial charge in [-0.25, -0.2) is 0 Å². The molecule has 0 aliphatic carbocycles. The fraction of sp³-hybridized carbons (Fsp3) is 0.579. The summed E-state index contributed by atoms with van der Waals surface area (Å²) < 4.78 is 1.49. The van der Waals surface area contributed by atoms with E-state index in [-0.39, 0.29) is 11.3 Å². The molecule has 3 rings (SSSR count). The lowest BCUT2D eigenvalue weighted by Gasteiger charge is -2.33. The van der Waals surface area contributed by atoms with Crippen molar-refractivity contribution in [2.75, 3.05) is 13.1 Å². The second kappa shape index (κ2) is 7.34. The molecule has 1 unspecified atom stereocenters. The highest BCUT2D eigenvalue weighted by molar-refractivity contribution is 6.07. The molecule has 1 N–H and O–H groups in total. The Kier molecular flexibility index (Phi) is 5.19. The van der Waals surface area contributed by atoms with Crippen LogP contribution in [0.4, 0.5) is 0 Å². The van der Waals surface area contributed by atoms with E-state index in [0.717, 1.165) is 24.8 Å². The number of hydrogen-bond acceptors (Lipinski definition) is 3. The van der Waals surface area contributed by atoms with Crippen LogP contribution in [-0.4, -0.2) is 39.4 Å². The molecule has 24 heavy (non-hydrogen) atoms. The molecule has 0 amide bonds. The molecule has 2 aromatic rings. The molecule has 1 saturated heterocycles. The maximum absolute atomic E-state index is 12.6. The number of aromatic nitrogens is 2. The molecule has 2 aromatic heterocycles. The molecule has 0 saturated carbocycles. The maximum Gasteiger partial charge on any atom is 0.274 e. The highest BCUT2D eigenvalue weighted by Crippen LogP contribution is 2.19. The summed E-state index contributed by atoms with van der Waals surface area (Å²) in [7, 11) is 1.69. The number of aromatic amines is 1. The summed E-state index contributed by atoms with van der Waals surface area (Å²) >= 11 is 0. The summed E-state index contributed by atoms with van der Waals surface area (Å²) in [5.74, 6) is 0.127. The van der Waals surface area contributed by atoms with Crippen molar-refractivity contribution in [3.05, 3.63) is 34.4 Å². The summed E-state index contributed by atoms with van der Waals surface area (Å²) in [6.07, 6.45) is 9.83. The van der Waals surface area contributed by atoms with Crippen molar-refractivity contribution in [3.63, 3.8) is 0 Å². The fourth-order valence-electron chi connectivity index (χ4n) is 3.72. The van der Waals surface area contributed by atoms with E-state index in [2.05, 4.69) is 16.8 Å². The topological polar surface area (TPSA) is 58.1 Å². The normalized spacial score (nSPS) is 19.0. The Bertz CT molecular complexity index is 775. The van der Waals surface area contributed by atoms with Gasteiger partial charge in [0.1, 0.15) is 5.52 Å². The van der Waals surface area contributed by atoms with Gasteiger partial charge in [-0.15, -0.1) is 0 Å². The zero-order valence-electron chi connectivity index (χ0n) is 14.7. The van der Waals surface area contributed by atoms with Crippen LogP contribution in [0.25, 0.3) is 10.9 Å². The largest absolute Gasteiger partial charge is 0.357 e. The van der Waals surface area contributed by atoms with Crippen molar-refractivity contribution in [1.82, 2.24) is 14.5 Å². The standard InChI is InChI=1S/C19H27N3O2/c1-14-7-3-5-11-22(14)12-6-4-8-17(23)16-13-21(2)19(24)18-15(16)9-10-20-18/h9-10,13-14,20H,3-8,11-12H2,1-2H3. The van der Waals surface area contributed by atoms with Crippen molar-refractivity contribution in [2.24, 2.45) is 7.05 Å². The third kappa shape index (κ3) is 3.46. The number of nitrogens with zero attached hydrogens (tertiary/aromatic N) is 2. The van der Waals surface area contributed by atoms with Gasteiger partial charge in [-0.05, 0) is 51.8 Å². The van der Waals surface area contributed by atoms with Crippen LogP contribution >= 0.6 is 0 Å². The van der Waals surface area contributed by atoms with E-state index in [1.807, 2.05) is 6.07 Å². The number of piperidine rings is 1. The van der Waals surface area contributed by atoms with Crippen LogP contribution in [0.1, 0.15) is 55.8 Å². The summed E-state index contributed by atoms with van der Waals surface area (Å²) in [6.45, 7) is 4.58. The molecule has 130 valence electrons. The lowest BCUT2D eigenvalue weighted by atomic mass is 10.0. The minimum Gasteiger partial charge on any atom is -0.357 e. The summed E-state index contributed by atoms with van der Waals surface area (Å²) in [4.78, 5) is 30.1. The summed E-state index contributed by atoms with van der Waals surface area (Å²) in [6, 6.07) is 2.50. The van der Waals surface area contributed by atoms with E-state index in [0.29, 0.717) is 23.5 Å². The van der Waals surface area contributed by atoms with Gasteiger partial charge in [0.15, 0.2) is 5.78 Å². The van der Waals surface area contributed by atoms with E-state index in [9.17, 15) is 9.59 Å². The van der Waals surface area contributed by atoms with Crippen LogP contribution in [-0.2, 0) is 7.05 Å². The molecule has 5 heteroatoms. The second-order valence-electron chi connectivity index (χ2n) is 6.99. The summed E-state index contributed by atoms with van der Waals surface area (Å²) in [5.41, 5.74) is 1.08. The number of likely N-dealkylation sites (tertiary alicyclic amines) is 1. The Hall–Kier alpha value is -1.88. The number of unbranched alkanes of at least 4 members (excludes halogenated alkanes) is 1. The zero-order chi connectivity index (χ0) is 17.1. The zero-order valence-corrected chi connectivity index (χ0v) is 14.7. The Balaban J connectivity index is 1.59. The van der Waals surface area contributed by atoms with Gasteiger partial charge in [0.25, 0.3) is 5.56 Å². The molecule has 3 heterocycles. The number of pyridine rings is 1. The van der Waals surface area contributed by atoms with Gasteiger partial charge in [0, 0.05) is 42.9 Å². The predicted octanol–water partition coefficient (Wildman–Crippen LogP) is 3.09. The molecule has 5 nitrogen and oxygen atoms in total. The number of carbonyl (C=O) groups is 1. The number of rotatable bonds is 6. The molecule has 1 atom stereocenters. The number of carbonyl (C=O) groups excluding carboxylic acids is 1. The number of ketones is 1. The number of fused-ring (bicyclic) bond motifs is 1. The molecule has 1 aliphatic heterocycles. The SMILES string of the molecule is CC1CCCCN1CCCCC(=O)c1cn(C)c(=O)c2[nH]ccc12. The van der Waals surface area contributed by atoms with Gasteiger partial charge < -0.3 is 14.5 Å². The average Bonchev–Trinajstić information content (AvgIpc) is 3.06. The quantitative estimate of drug-likeness (QED) is 0.654. The number of nitrogens with one attached hydrogen (secondary N) is 1. The number of aryl methyl sites for hydroxylation is 1. The monoisotopic (exact) mass is 329 g/mol.